The summed E-state index contributed by atoms with van der Waals surface area (Å²) < 4.78 is 42.0. The highest BCUT2D eigenvalue weighted by atomic mass is 32.2. The minimum absolute atomic E-state index is 0.0152. The third-order valence-electron chi connectivity index (χ3n) is 12.0. The van der Waals surface area contributed by atoms with Crippen molar-refractivity contribution in [1.82, 2.24) is 35.1 Å². The van der Waals surface area contributed by atoms with Crippen LogP contribution in [0.2, 0.25) is 0 Å². The molecule has 2 aromatic rings. The van der Waals surface area contributed by atoms with E-state index < -0.39 is 73.3 Å². The number of nitrogens with zero attached hydrogens (tertiary/aromatic N) is 3. The van der Waals surface area contributed by atoms with E-state index in [1.807, 2.05) is 31.4 Å². The lowest BCUT2D eigenvalue weighted by molar-refractivity contribution is -0.143. The lowest BCUT2D eigenvalue weighted by Crippen LogP contribution is -2.60. The minimum atomic E-state index is -4.01. The Morgan fingerprint density at radius 3 is 2.23 bits per heavy atom. The number of aromatic nitrogens is 2. The van der Waals surface area contributed by atoms with Gasteiger partial charge in [0.25, 0.3) is 17.8 Å². The van der Waals surface area contributed by atoms with Crippen LogP contribution in [0.3, 0.4) is 0 Å². The molecule has 1 saturated heterocycles. The van der Waals surface area contributed by atoms with Gasteiger partial charge in [-0.2, -0.15) is 4.98 Å². The standard InChI is InChI=1S/C43H67N7O9S/c1-12-15-16-22-44-34(51)29-18-17-19-30-32(29)45-38(50(30)26(4)5)58-28-23-31(49(25-28)36(53)33(40(6,7)8)46-39(55)59-41(9,10)11)35(52)47-43(24-27(43)13-2)37(54)48-60(56,57)42(14-3)20-21-42/h17-19,26-28,31,33H,12-16,20-25H2,1-11H3,(H,44,51)(H,46,55)(H,47,52)(H,48,54)/t27-,28-,31+,33-,43-/m1/s1. The molecule has 0 spiro atoms. The van der Waals surface area contributed by atoms with Gasteiger partial charge in [-0.25, -0.2) is 13.2 Å². The van der Waals surface area contributed by atoms with Crippen LogP contribution in [-0.2, 0) is 29.1 Å². The van der Waals surface area contributed by atoms with Crippen LogP contribution in [0.4, 0.5) is 4.79 Å². The number of ether oxygens (including phenoxy) is 2. The number of sulfonamides is 1. The molecule has 0 bridgehead atoms. The molecule has 5 rings (SSSR count). The second-order valence-corrected chi connectivity index (χ2v) is 21.2. The monoisotopic (exact) mass is 857 g/mol. The van der Waals surface area contributed by atoms with E-state index >= 15 is 0 Å². The number of benzene rings is 1. The van der Waals surface area contributed by atoms with Crippen molar-refractivity contribution in [2.75, 3.05) is 13.1 Å². The van der Waals surface area contributed by atoms with Gasteiger partial charge < -0.3 is 30.3 Å². The molecule has 4 N–H and O–H groups in total. The minimum Gasteiger partial charge on any atom is -0.459 e. The second kappa shape index (κ2) is 17.5. The van der Waals surface area contributed by atoms with Crippen LogP contribution in [0.5, 0.6) is 6.01 Å². The van der Waals surface area contributed by atoms with Crippen molar-refractivity contribution in [3.63, 3.8) is 0 Å². The number of imidazole rings is 1. The second-order valence-electron chi connectivity index (χ2n) is 19.2. The number of hydrogen-bond acceptors (Lipinski definition) is 10. The number of alkyl carbamates (subject to hydrolysis) is 1. The molecule has 60 heavy (non-hydrogen) atoms. The topological polar surface area (TPSA) is 207 Å². The van der Waals surface area contributed by atoms with Gasteiger partial charge in [-0.3, -0.25) is 28.5 Å². The van der Waals surface area contributed by atoms with Gasteiger partial charge in [-0.1, -0.05) is 66.9 Å². The SMILES string of the molecule is CCCCCNC(=O)c1cccc2c1nc(O[C@@H]1C[C@@H](C(=O)N[C@]3(C(=O)NS(=O)(=O)C4(CC)CC4)C[C@H]3CC)N(C(=O)[C@@H](NC(=O)OC(C)(C)C)C(C)(C)C)C1)n2C(C)C. The highest BCUT2D eigenvalue weighted by molar-refractivity contribution is 7.91. The quantitative estimate of drug-likeness (QED) is 0.147. The molecule has 0 unspecified atom stereocenters. The molecular formula is C43H67N7O9S. The lowest BCUT2D eigenvalue weighted by atomic mass is 9.85. The number of likely N-dealkylation sites (tertiary alicyclic amines) is 1. The number of unbranched alkanes of at least 4 members (excludes halogenated alkanes) is 2. The predicted molar refractivity (Wildman–Crippen MR) is 228 cm³/mol. The van der Waals surface area contributed by atoms with Crippen LogP contribution in [0.15, 0.2) is 18.2 Å². The highest BCUT2D eigenvalue weighted by Gasteiger charge is 2.63. The largest absolute Gasteiger partial charge is 0.459 e. The Bertz CT molecular complexity index is 2070. The maximum atomic E-state index is 14.7. The Morgan fingerprint density at radius 2 is 1.68 bits per heavy atom. The van der Waals surface area contributed by atoms with Crippen molar-refractivity contribution in [2.24, 2.45) is 11.3 Å². The fourth-order valence-electron chi connectivity index (χ4n) is 8.18. The summed E-state index contributed by atoms with van der Waals surface area (Å²) in [5, 5.41) is 8.61. The summed E-state index contributed by atoms with van der Waals surface area (Å²) in [4.78, 5) is 75.9. The van der Waals surface area contributed by atoms with Crippen LogP contribution in [0.25, 0.3) is 11.0 Å². The Hall–Kier alpha value is -4.41. The summed E-state index contributed by atoms with van der Waals surface area (Å²) in [6, 6.07) is 3.07. The van der Waals surface area contributed by atoms with Crippen molar-refractivity contribution in [2.45, 2.75) is 174 Å². The molecule has 16 nitrogen and oxygen atoms in total. The average Bonchev–Trinajstić information content (AvgIpc) is 4.02. The molecule has 1 aromatic heterocycles. The number of hydrogen-bond donors (Lipinski definition) is 4. The maximum absolute atomic E-state index is 14.7. The van der Waals surface area contributed by atoms with E-state index in [-0.39, 0.29) is 43.3 Å². The van der Waals surface area contributed by atoms with E-state index in [4.69, 9.17) is 14.5 Å². The summed E-state index contributed by atoms with van der Waals surface area (Å²) in [6.45, 7) is 20.6. The number of rotatable bonds is 17. The van der Waals surface area contributed by atoms with E-state index in [0.29, 0.717) is 48.8 Å². The summed E-state index contributed by atoms with van der Waals surface area (Å²) in [5.41, 5.74) is -1.67. The van der Waals surface area contributed by atoms with E-state index in [2.05, 4.69) is 27.6 Å². The first-order chi connectivity index (χ1) is 27.9. The molecular weight excluding hydrogens is 791 g/mol. The van der Waals surface area contributed by atoms with E-state index in [1.54, 1.807) is 60.6 Å². The molecule has 2 saturated carbocycles. The van der Waals surface area contributed by atoms with Gasteiger partial charge in [0.1, 0.15) is 34.8 Å². The molecule has 2 heterocycles. The third kappa shape index (κ3) is 9.86. The number of fused-ring (bicyclic) bond motifs is 1. The smallest absolute Gasteiger partial charge is 0.408 e. The molecule has 1 aromatic carbocycles. The van der Waals surface area contributed by atoms with Crippen molar-refractivity contribution >= 4 is 50.8 Å². The highest BCUT2D eigenvalue weighted by Crippen LogP contribution is 2.49. The number of carbonyl (C=O) groups excluding carboxylic acids is 5. The first kappa shape index (κ1) is 46.7. The van der Waals surface area contributed by atoms with Crippen LogP contribution in [0.1, 0.15) is 150 Å². The first-order valence-electron chi connectivity index (χ1n) is 21.6. The van der Waals surface area contributed by atoms with Crippen LogP contribution in [-0.4, -0.2) is 99.8 Å². The summed E-state index contributed by atoms with van der Waals surface area (Å²) in [7, 11) is -4.01. The van der Waals surface area contributed by atoms with Gasteiger partial charge in [-0.15, -0.1) is 0 Å². The fraction of sp³-hybridized carbons (Fsp3) is 0.721. The van der Waals surface area contributed by atoms with Gasteiger partial charge in [0.05, 0.1) is 22.4 Å². The first-order valence-corrected chi connectivity index (χ1v) is 23.1. The van der Waals surface area contributed by atoms with Crippen molar-refractivity contribution in [3.05, 3.63) is 23.8 Å². The van der Waals surface area contributed by atoms with Crippen molar-refractivity contribution in [1.29, 1.82) is 0 Å². The Kier molecular flexibility index (Phi) is 13.6. The zero-order chi connectivity index (χ0) is 44.6. The van der Waals surface area contributed by atoms with Crippen molar-refractivity contribution in [3.8, 4) is 6.01 Å². The molecule has 17 heteroatoms. The normalized spacial score (nSPS) is 22.9. The molecule has 1 aliphatic heterocycles. The summed E-state index contributed by atoms with van der Waals surface area (Å²) in [5.74, 6) is -2.59. The van der Waals surface area contributed by atoms with Gasteiger partial charge >= 0.3 is 6.09 Å². The maximum Gasteiger partial charge on any atom is 0.408 e. The van der Waals surface area contributed by atoms with Crippen LogP contribution < -0.4 is 25.4 Å². The number of nitrogens with one attached hydrogen (secondary N) is 4. The Balaban J connectivity index is 1.48. The van der Waals surface area contributed by atoms with Gasteiger partial charge in [0.2, 0.25) is 21.8 Å². The average molecular weight is 858 g/mol. The Morgan fingerprint density at radius 1 is 1.00 bits per heavy atom. The molecule has 5 amide bonds. The number of amides is 5. The number of para-hydroxylation sites is 1. The van der Waals surface area contributed by atoms with Gasteiger partial charge in [0.15, 0.2) is 0 Å². The zero-order valence-corrected chi connectivity index (χ0v) is 38.1. The van der Waals surface area contributed by atoms with E-state index in [1.165, 1.54) is 4.90 Å². The lowest BCUT2D eigenvalue weighted by Gasteiger charge is -2.36. The molecule has 334 valence electrons. The summed E-state index contributed by atoms with van der Waals surface area (Å²) >= 11 is 0. The van der Waals surface area contributed by atoms with Gasteiger partial charge in [0, 0.05) is 19.0 Å². The van der Waals surface area contributed by atoms with Crippen LogP contribution >= 0.6 is 0 Å². The zero-order valence-electron chi connectivity index (χ0n) is 37.3. The molecule has 3 fully saturated rings. The Labute approximate surface area is 355 Å². The molecule has 0 radical (unpaired) electrons. The fourth-order valence-corrected chi connectivity index (χ4v) is 9.85. The van der Waals surface area contributed by atoms with Crippen molar-refractivity contribution < 1.29 is 41.9 Å². The molecule has 3 aliphatic rings. The third-order valence-corrected chi connectivity index (χ3v) is 14.3. The van der Waals surface area contributed by atoms with Crippen LogP contribution in [0, 0.1) is 11.3 Å². The van der Waals surface area contributed by atoms with E-state index in [9.17, 15) is 32.4 Å². The molecule has 2 aliphatic carbocycles. The number of carbonyl (C=O) groups is 5. The summed E-state index contributed by atoms with van der Waals surface area (Å²) in [6.07, 6.45) is 3.25. The van der Waals surface area contributed by atoms with Gasteiger partial charge in [-0.05, 0) is 90.2 Å². The van der Waals surface area contributed by atoms with E-state index in [0.717, 1.165) is 19.3 Å². The molecule has 5 atom stereocenters. The predicted octanol–water partition coefficient (Wildman–Crippen LogP) is 5.50.